The molecule has 0 amide bonds. The summed E-state index contributed by atoms with van der Waals surface area (Å²) < 4.78 is 37.1. The number of methoxy groups -OCH3 is 1. The van der Waals surface area contributed by atoms with Crippen LogP contribution in [0.1, 0.15) is 18.1 Å². The monoisotopic (exact) mass is 602 g/mol. The number of hydrogen-bond acceptors (Lipinski definition) is 9. The summed E-state index contributed by atoms with van der Waals surface area (Å²) in [5.74, 6) is -0.251. The summed E-state index contributed by atoms with van der Waals surface area (Å²) >= 11 is 2.79. The summed E-state index contributed by atoms with van der Waals surface area (Å²) in [5, 5.41) is 0.227. The van der Waals surface area contributed by atoms with E-state index in [-0.39, 0.29) is 30.7 Å². The summed E-state index contributed by atoms with van der Waals surface area (Å²) in [6.45, 7) is 1.35. The van der Waals surface area contributed by atoms with E-state index in [1.165, 1.54) is 27.7 Å². The van der Waals surface area contributed by atoms with Gasteiger partial charge in [0.25, 0.3) is 5.56 Å². The van der Waals surface area contributed by atoms with Gasteiger partial charge < -0.3 is 9.47 Å². The van der Waals surface area contributed by atoms with Gasteiger partial charge in [-0.3, -0.25) is 14.2 Å². The second-order valence-corrected chi connectivity index (χ2v) is 13.2. The molecule has 2 aromatic heterocycles. The van der Waals surface area contributed by atoms with Crippen LogP contribution in [0.4, 0.5) is 0 Å². The molecule has 0 saturated heterocycles. The highest BCUT2D eigenvalue weighted by molar-refractivity contribution is 7.98. The van der Waals surface area contributed by atoms with Crippen molar-refractivity contribution in [2.75, 3.05) is 32.0 Å². The first-order valence-corrected chi connectivity index (χ1v) is 16.6. The number of aromatic nitrogens is 2. The van der Waals surface area contributed by atoms with E-state index in [2.05, 4.69) is 0 Å². The molecule has 0 N–H and O–H groups in total. The predicted octanol–water partition coefficient (Wildman–Crippen LogP) is 3.82. The minimum absolute atomic E-state index is 0.0639. The number of hydrogen-bond donors (Lipinski definition) is 0. The van der Waals surface area contributed by atoms with E-state index < -0.39 is 33.6 Å². The Morgan fingerprint density at radius 1 is 1.05 bits per heavy atom. The summed E-state index contributed by atoms with van der Waals surface area (Å²) in [6.07, 6.45) is 3.15. The van der Waals surface area contributed by atoms with Gasteiger partial charge in [-0.2, -0.15) is 0 Å². The van der Waals surface area contributed by atoms with Crippen molar-refractivity contribution in [3.05, 3.63) is 80.5 Å². The van der Waals surface area contributed by atoms with Gasteiger partial charge in [-0.05, 0) is 66.6 Å². The Kier molecular flexibility index (Phi) is 9.22. The lowest BCUT2D eigenvalue weighted by Gasteiger charge is -2.14. The molecular formula is C28H30N2O7S3. The second-order valence-electron chi connectivity index (χ2n) is 9.08. The molecule has 0 aliphatic rings. The smallest absolute Gasteiger partial charge is 0.332 e. The molecule has 0 bridgehead atoms. The van der Waals surface area contributed by atoms with Crippen LogP contribution in [0.5, 0.6) is 5.75 Å². The average molecular weight is 603 g/mol. The fourth-order valence-electron chi connectivity index (χ4n) is 4.44. The fourth-order valence-corrected chi connectivity index (χ4v) is 6.96. The van der Waals surface area contributed by atoms with Crippen molar-refractivity contribution in [2.24, 2.45) is 0 Å². The van der Waals surface area contributed by atoms with Crippen LogP contribution in [0.3, 0.4) is 0 Å². The van der Waals surface area contributed by atoms with Crippen molar-refractivity contribution in [3.63, 3.8) is 0 Å². The van der Waals surface area contributed by atoms with Crippen molar-refractivity contribution in [1.29, 1.82) is 0 Å². The lowest BCUT2D eigenvalue weighted by molar-refractivity contribution is -0.143. The molecule has 4 rings (SSSR count). The van der Waals surface area contributed by atoms with E-state index in [1.54, 1.807) is 26.2 Å². The van der Waals surface area contributed by atoms with Crippen LogP contribution in [-0.4, -0.2) is 55.5 Å². The van der Waals surface area contributed by atoms with Crippen LogP contribution in [0.25, 0.3) is 20.7 Å². The molecule has 0 radical (unpaired) electrons. The van der Waals surface area contributed by atoms with Gasteiger partial charge in [-0.15, -0.1) is 23.1 Å². The minimum Gasteiger partial charge on any atom is -0.497 e. The second kappa shape index (κ2) is 12.4. The highest BCUT2D eigenvalue weighted by Crippen LogP contribution is 2.38. The third-order valence-electron chi connectivity index (χ3n) is 6.34. The van der Waals surface area contributed by atoms with Gasteiger partial charge in [0.15, 0.2) is 0 Å². The van der Waals surface area contributed by atoms with Crippen molar-refractivity contribution in [2.45, 2.75) is 31.3 Å². The molecule has 0 unspecified atom stereocenters. The summed E-state index contributed by atoms with van der Waals surface area (Å²) in [7, 11) is -1.81. The predicted molar refractivity (Wildman–Crippen MR) is 160 cm³/mol. The summed E-state index contributed by atoms with van der Waals surface area (Å²) in [6, 6.07) is 14.9. The zero-order valence-corrected chi connectivity index (χ0v) is 25.1. The number of nitrogens with zero attached hydrogens (tertiary/aromatic N) is 2. The first kappa shape index (κ1) is 29.6. The largest absolute Gasteiger partial charge is 0.497 e. The Morgan fingerprint density at radius 2 is 1.75 bits per heavy atom. The van der Waals surface area contributed by atoms with E-state index in [0.29, 0.717) is 21.0 Å². The number of rotatable bonds is 11. The van der Waals surface area contributed by atoms with Gasteiger partial charge in [0.2, 0.25) is 0 Å². The highest BCUT2D eigenvalue weighted by Gasteiger charge is 2.25. The molecule has 9 nitrogen and oxygen atoms in total. The van der Waals surface area contributed by atoms with E-state index in [9.17, 15) is 22.8 Å². The summed E-state index contributed by atoms with van der Waals surface area (Å²) in [5.41, 5.74) is 0.855. The number of sulfone groups is 1. The Hall–Kier alpha value is -3.35. The molecule has 4 aromatic rings. The topological polar surface area (TPSA) is 114 Å². The fraction of sp³-hybridized carbons (Fsp3) is 0.321. The summed E-state index contributed by atoms with van der Waals surface area (Å²) in [4.78, 5) is 42.2. The van der Waals surface area contributed by atoms with Crippen LogP contribution >= 0.6 is 23.1 Å². The normalized spacial score (nSPS) is 11.6. The maximum absolute atomic E-state index is 13.9. The first-order chi connectivity index (χ1) is 19.1. The lowest BCUT2D eigenvalue weighted by atomic mass is 10.0. The van der Waals surface area contributed by atoms with Gasteiger partial charge in [-0.1, -0.05) is 18.2 Å². The maximum atomic E-state index is 13.9. The van der Waals surface area contributed by atoms with Crippen molar-refractivity contribution in [3.8, 4) is 16.2 Å². The van der Waals surface area contributed by atoms with Crippen LogP contribution in [-0.2, 0) is 38.9 Å². The third kappa shape index (κ3) is 6.34. The molecular weight excluding hydrogens is 573 g/mol. The molecule has 0 fully saturated rings. The van der Waals surface area contributed by atoms with Crippen LogP contribution in [0.2, 0.25) is 0 Å². The van der Waals surface area contributed by atoms with Gasteiger partial charge in [-0.25, -0.2) is 17.8 Å². The van der Waals surface area contributed by atoms with Crippen LogP contribution in [0, 0.1) is 0 Å². The standard InChI is InChI=1S/C28H30N2O7S3/c1-5-37-23(31)17-29-26(32)24-21(14-15-40(4,34)35)25(18-10-12-20(36-2)13-11-18)39-27(24)30(28(29)33)16-19-8-6-7-9-22(19)38-3/h6-13H,5,14-17H2,1-4H3. The number of thioether (sulfide) groups is 1. The van der Waals surface area contributed by atoms with Crippen molar-refractivity contribution < 1.29 is 22.7 Å². The van der Waals surface area contributed by atoms with E-state index >= 15 is 0 Å². The first-order valence-electron chi connectivity index (χ1n) is 12.5. The maximum Gasteiger partial charge on any atom is 0.332 e. The molecule has 2 heterocycles. The minimum atomic E-state index is -3.37. The zero-order valence-electron chi connectivity index (χ0n) is 22.6. The Labute approximate surface area is 240 Å². The zero-order chi connectivity index (χ0) is 29.0. The van der Waals surface area contributed by atoms with Crippen LogP contribution < -0.4 is 16.0 Å². The van der Waals surface area contributed by atoms with Crippen molar-refractivity contribution in [1.82, 2.24) is 9.13 Å². The number of fused-ring (bicyclic) bond motifs is 1. The van der Waals surface area contributed by atoms with Gasteiger partial charge in [0, 0.05) is 16.0 Å². The molecule has 12 heteroatoms. The van der Waals surface area contributed by atoms with E-state index in [1.807, 2.05) is 42.7 Å². The molecule has 0 atom stereocenters. The third-order valence-corrected chi connectivity index (χ3v) is 9.43. The van der Waals surface area contributed by atoms with Crippen LogP contribution in [0.15, 0.2) is 63.0 Å². The quantitative estimate of drug-likeness (QED) is 0.188. The number of carbonyl (C=O) groups is 1. The number of benzene rings is 2. The van der Waals surface area contributed by atoms with E-state index in [4.69, 9.17) is 9.47 Å². The molecule has 0 spiro atoms. The lowest BCUT2D eigenvalue weighted by Crippen LogP contribution is -2.42. The van der Waals surface area contributed by atoms with E-state index in [0.717, 1.165) is 26.8 Å². The highest BCUT2D eigenvalue weighted by atomic mass is 32.2. The molecule has 0 saturated carbocycles. The average Bonchev–Trinajstić information content (AvgIpc) is 3.32. The Morgan fingerprint density at radius 3 is 2.38 bits per heavy atom. The molecule has 0 aliphatic heterocycles. The molecule has 2 aromatic carbocycles. The number of esters is 1. The van der Waals surface area contributed by atoms with Gasteiger partial charge in [0.1, 0.15) is 27.0 Å². The number of carbonyl (C=O) groups excluding carboxylic acids is 1. The number of ether oxygens (including phenoxy) is 2. The number of thiophene rings is 1. The van der Waals surface area contributed by atoms with Gasteiger partial charge in [0.05, 0.1) is 31.4 Å². The SMILES string of the molecule is CCOC(=O)Cn1c(=O)c2c(CCS(C)(=O)=O)c(-c3ccc(OC)cc3)sc2n(Cc2ccccc2SC)c1=O. The van der Waals surface area contributed by atoms with Crippen molar-refractivity contribution >= 4 is 49.1 Å². The molecule has 212 valence electrons. The Balaban J connectivity index is 2.06. The molecule has 0 aliphatic carbocycles. The van der Waals surface area contributed by atoms with Gasteiger partial charge >= 0.3 is 11.7 Å². The number of aryl methyl sites for hydroxylation is 1. The molecule has 40 heavy (non-hydrogen) atoms. The Bertz CT molecular complexity index is 1770.